The van der Waals surface area contributed by atoms with Crippen molar-refractivity contribution >= 4 is 33.4 Å². The number of carbonyl (C=O) groups excluding carboxylic acids is 1. The highest BCUT2D eigenvalue weighted by Crippen LogP contribution is 2.41. The predicted octanol–water partition coefficient (Wildman–Crippen LogP) is 5.46. The first-order chi connectivity index (χ1) is 26.8. The lowest BCUT2D eigenvalue weighted by Gasteiger charge is -2.41. The van der Waals surface area contributed by atoms with Crippen molar-refractivity contribution in [2.45, 2.75) is 56.8 Å². The van der Waals surface area contributed by atoms with Crippen molar-refractivity contribution in [1.82, 2.24) is 29.7 Å². The number of benzene rings is 2. The fraction of sp³-hybridized carbons (Fsp3) is 0.488. The molecule has 0 N–H and O–H groups in total. The van der Waals surface area contributed by atoms with Crippen molar-refractivity contribution in [3.8, 4) is 23.3 Å². The Labute approximate surface area is 318 Å². The topological polar surface area (TPSA) is 111 Å². The van der Waals surface area contributed by atoms with E-state index in [0.717, 1.165) is 37.9 Å². The number of aromatic nitrogens is 3. The third-order valence-corrected chi connectivity index (χ3v) is 11.7. The fourth-order valence-corrected chi connectivity index (χ4v) is 8.93. The van der Waals surface area contributed by atoms with Gasteiger partial charge in [-0.2, -0.15) is 15.2 Å². The van der Waals surface area contributed by atoms with Crippen LogP contribution in [0.4, 0.5) is 19.0 Å². The lowest BCUT2D eigenvalue weighted by Crippen LogP contribution is -2.55. The summed E-state index contributed by atoms with van der Waals surface area (Å²) in [6.45, 7) is 7.64. The van der Waals surface area contributed by atoms with Gasteiger partial charge in [-0.15, -0.1) is 0 Å². The number of rotatable bonds is 10. The molecule has 3 atom stereocenters. The Balaban J connectivity index is 1.15. The number of halogens is 3. The third kappa shape index (κ3) is 7.21. The fourth-order valence-electron chi connectivity index (χ4n) is 8.93. The molecule has 11 nitrogen and oxygen atoms in total. The normalized spacial score (nSPS) is 23.5. The summed E-state index contributed by atoms with van der Waals surface area (Å²) in [6, 6.07) is 10.2. The average Bonchev–Trinajstić information content (AvgIpc) is 3.73. The van der Waals surface area contributed by atoms with E-state index in [4.69, 9.17) is 14.5 Å². The van der Waals surface area contributed by atoms with Gasteiger partial charge in [0.25, 0.3) is 0 Å². The van der Waals surface area contributed by atoms with Crippen LogP contribution in [-0.4, -0.2) is 125 Å². The van der Waals surface area contributed by atoms with Crippen molar-refractivity contribution in [3.63, 3.8) is 0 Å². The lowest BCUT2D eigenvalue weighted by molar-refractivity contribution is -0.128. The summed E-state index contributed by atoms with van der Waals surface area (Å²) in [4.78, 5) is 35.5. The zero-order valence-electron chi connectivity index (χ0n) is 31.0. The van der Waals surface area contributed by atoms with Crippen molar-refractivity contribution in [2.75, 3.05) is 77.1 Å². The molecule has 55 heavy (non-hydrogen) atoms. The molecule has 4 aliphatic rings. The van der Waals surface area contributed by atoms with Crippen molar-refractivity contribution in [2.24, 2.45) is 0 Å². The van der Waals surface area contributed by atoms with E-state index in [1.807, 2.05) is 24.0 Å². The number of pyridine rings is 1. The minimum absolute atomic E-state index is 0.0200. The molecule has 0 aliphatic carbocycles. The number of piperazine rings is 1. The quantitative estimate of drug-likeness (QED) is 0.194. The van der Waals surface area contributed by atoms with E-state index < -0.39 is 23.6 Å². The molecule has 14 heteroatoms. The largest absolute Gasteiger partial charge is 0.461 e. The summed E-state index contributed by atoms with van der Waals surface area (Å²) >= 11 is 0. The number of hydrogen-bond acceptors (Lipinski definition) is 10. The zero-order valence-corrected chi connectivity index (χ0v) is 31.0. The minimum atomic E-state index is -0.952. The molecule has 0 bridgehead atoms. The average molecular weight is 755 g/mol. The number of ether oxygens (including phenoxy) is 2. The number of anilines is 1. The Hall–Kier alpha value is -4.84. The molecule has 288 valence electrons. The van der Waals surface area contributed by atoms with Gasteiger partial charge in [0.2, 0.25) is 5.91 Å². The van der Waals surface area contributed by atoms with Gasteiger partial charge in [-0.3, -0.25) is 19.6 Å². The molecule has 0 spiro atoms. The Morgan fingerprint density at radius 3 is 2.78 bits per heavy atom. The minimum Gasteiger partial charge on any atom is -0.461 e. The van der Waals surface area contributed by atoms with E-state index in [9.17, 15) is 14.4 Å². The zero-order chi connectivity index (χ0) is 38.1. The van der Waals surface area contributed by atoms with Crippen LogP contribution in [0.5, 0.6) is 6.01 Å². The number of carbonyl (C=O) groups is 1. The second-order valence-corrected chi connectivity index (χ2v) is 15.0. The van der Waals surface area contributed by atoms with Crippen LogP contribution < -0.4 is 9.64 Å². The molecule has 4 fully saturated rings. The van der Waals surface area contributed by atoms with Gasteiger partial charge in [0.15, 0.2) is 5.82 Å². The van der Waals surface area contributed by atoms with Gasteiger partial charge < -0.3 is 19.3 Å². The molecule has 4 aromatic rings. The first-order valence-corrected chi connectivity index (χ1v) is 19.3. The molecule has 6 heterocycles. The second kappa shape index (κ2) is 15.7. The molecule has 4 saturated heterocycles. The number of hydrogen-bond donors (Lipinski definition) is 0. The summed E-state index contributed by atoms with van der Waals surface area (Å²) in [5.41, 5.74) is 0.430. The smallest absolute Gasteiger partial charge is 0.319 e. The van der Waals surface area contributed by atoms with E-state index in [2.05, 4.69) is 25.8 Å². The Bertz CT molecular complexity index is 2160. The van der Waals surface area contributed by atoms with Gasteiger partial charge in [-0.05, 0) is 48.2 Å². The molecule has 0 saturated carbocycles. The molecule has 8 rings (SSSR count). The van der Waals surface area contributed by atoms with Gasteiger partial charge in [0.1, 0.15) is 35.6 Å². The van der Waals surface area contributed by atoms with E-state index >= 15 is 8.78 Å². The number of morpholine rings is 1. The van der Waals surface area contributed by atoms with Crippen LogP contribution in [0, 0.1) is 23.0 Å². The van der Waals surface area contributed by atoms with Gasteiger partial charge in [0, 0.05) is 70.1 Å². The van der Waals surface area contributed by atoms with E-state index in [-0.39, 0.29) is 48.5 Å². The van der Waals surface area contributed by atoms with Crippen LogP contribution in [0.1, 0.15) is 38.2 Å². The van der Waals surface area contributed by atoms with Crippen LogP contribution in [0.15, 0.2) is 48.7 Å². The van der Waals surface area contributed by atoms with Crippen LogP contribution >= 0.6 is 0 Å². The monoisotopic (exact) mass is 754 g/mol. The molecule has 2 aromatic carbocycles. The number of nitriles is 1. The van der Waals surface area contributed by atoms with E-state index in [1.165, 1.54) is 12.3 Å². The predicted molar refractivity (Wildman–Crippen MR) is 202 cm³/mol. The van der Waals surface area contributed by atoms with E-state index in [0.29, 0.717) is 80.0 Å². The van der Waals surface area contributed by atoms with Gasteiger partial charge in [-0.1, -0.05) is 37.3 Å². The SMILES string of the molecule is CCc1c(F)ccc2cccc(-c3ncc4c(N5CCN(C(=O)/C=C/CN6CCOCC6)[C@@H](CC#N)C5)nc(OC[C@@]56CCCN5C[C@H](F)C6)nc4c3F)c12. The highest BCUT2D eigenvalue weighted by molar-refractivity contribution is 6.01. The highest BCUT2D eigenvalue weighted by Gasteiger charge is 2.49. The molecular formula is C41H45F3N8O3. The van der Waals surface area contributed by atoms with Gasteiger partial charge >= 0.3 is 6.01 Å². The lowest BCUT2D eigenvalue weighted by atomic mass is 9.95. The summed E-state index contributed by atoms with van der Waals surface area (Å²) in [5, 5.41) is 11.5. The van der Waals surface area contributed by atoms with E-state index in [1.54, 1.807) is 29.2 Å². The molecule has 4 aliphatic heterocycles. The van der Waals surface area contributed by atoms with Crippen molar-refractivity contribution in [1.29, 1.82) is 5.26 Å². The summed E-state index contributed by atoms with van der Waals surface area (Å²) in [6.07, 6.45) is 6.55. The number of nitrogens with zero attached hydrogens (tertiary/aromatic N) is 8. The number of alkyl halides is 1. The first kappa shape index (κ1) is 37.1. The highest BCUT2D eigenvalue weighted by atomic mass is 19.1. The Morgan fingerprint density at radius 2 is 1.96 bits per heavy atom. The summed E-state index contributed by atoms with van der Waals surface area (Å²) in [7, 11) is 0. The molecule has 1 amide bonds. The number of aryl methyl sites for hydroxylation is 1. The Morgan fingerprint density at radius 1 is 1.11 bits per heavy atom. The summed E-state index contributed by atoms with van der Waals surface area (Å²) in [5.74, 6) is -0.889. The number of amides is 1. The Kier molecular flexibility index (Phi) is 10.6. The number of fused-ring (bicyclic) bond motifs is 3. The van der Waals surface area contributed by atoms with Gasteiger partial charge in [0.05, 0.1) is 42.7 Å². The molecule has 0 unspecified atom stereocenters. The second-order valence-electron chi connectivity index (χ2n) is 15.0. The third-order valence-electron chi connectivity index (χ3n) is 11.7. The maximum atomic E-state index is 17.1. The first-order valence-electron chi connectivity index (χ1n) is 19.3. The van der Waals surface area contributed by atoms with Crippen molar-refractivity contribution < 1.29 is 27.4 Å². The van der Waals surface area contributed by atoms with Crippen LogP contribution in [0.3, 0.4) is 0 Å². The van der Waals surface area contributed by atoms with Crippen LogP contribution in [-0.2, 0) is 16.0 Å². The van der Waals surface area contributed by atoms with Crippen LogP contribution in [0.25, 0.3) is 32.9 Å². The summed E-state index contributed by atoms with van der Waals surface area (Å²) < 4.78 is 58.5. The molecular weight excluding hydrogens is 709 g/mol. The van der Waals surface area contributed by atoms with Gasteiger partial charge in [-0.25, -0.2) is 13.2 Å². The standard InChI is InChI=1S/C41H45F3N8O3/c1-2-30-33(43)10-9-27-6-3-7-31(35(27)30)37-36(44)38-32(23-46-37)39(48-40(47-38)55-26-41-12-5-15-51(41)24-28(42)22-41)50-16-17-52(29(25-50)11-13-45)34(53)8-4-14-49-18-20-54-21-19-49/h3-4,6-10,23,28-29H,2,5,11-12,14-22,24-26H2,1H3/b8-4+/t28-,29+,41+/m1/s1. The van der Waals surface area contributed by atoms with Crippen LogP contribution in [0.2, 0.25) is 0 Å². The maximum absolute atomic E-state index is 17.1. The van der Waals surface area contributed by atoms with Crippen molar-refractivity contribution in [3.05, 3.63) is 65.9 Å². The maximum Gasteiger partial charge on any atom is 0.319 e. The molecule has 0 radical (unpaired) electrons. The molecule has 2 aromatic heterocycles.